The van der Waals surface area contributed by atoms with Crippen molar-refractivity contribution in [1.29, 1.82) is 0 Å². The normalized spacial score (nSPS) is 13.2. The third-order valence-electron chi connectivity index (χ3n) is 19.8. The van der Waals surface area contributed by atoms with Gasteiger partial charge in [-0.1, -0.05) is 181 Å². The smallest absolute Gasteiger partial charge is 0.168 e. The van der Waals surface area contributed by atoms with Crippen LogP contribution in [0, 0.1) is 49.2 Å². The molecule has 14 heteroatoms. The Morgan fingerprint density at radius 2 is 0.781 bits per heavy atom. The highest BCUT2D eigenvalue weighted by molar-refractivity contribution is 7.24. The van der Waals surface area contributed by atoms with E-state index < -0.39 is 11.6 Å². The van der Waals surface area contributed by atoms with Crippen LogP contribution < -0.4 is 9.47 Å². The molecule has 0 saturated heterocycles. The summed E-state index contributed by atoms with van der Waals surface area (Å²) in [5.74, 6) is 1.96. The standard InChI is InChI=1S/C82H94F2N6O2S4/c1-11-19-25-53(15-5)47-89-85-77-51(9)33-34-63(78(77)86-89)70-41-39-68(94-70)61-35-36-62(76(84)75(61)83)69-40-42-71(95-69)64-37-38-65(80-79(64)87-90(88-80)48-54(16-6)26-20-12-2)72-46-67-74(58-30-24-32-60(45-58)92-50-56(18-8)28-22-14-4)81-66(43-52(10)93-81)73(82(67)96-72)57-29-23-31-59(44-57)91-49-55(17-7)27-21-13-3/h23-24,29-46,53-56H,11-22,25-28,47-50H2,1-10H3. The molecule has 0 bridgehead atoms. The SMILES string of the molecule is CCCCC(CC)COc1cccc(-c2c3cc(-c4ccc(-c5ccc(-c6ccc(-c7ccc(-c8ccc(C)c9nn(CC(CC)CCCC)nc89)s7)c(F)c6F)s5)c5nn(CC(CC)CCCC)nc45)sc3c(-c3cccc(OCC(CC)CCCC)c3)c3cc(C)sc23)c1. The first kappa shape index (κ1) is 68.8. The summed E-state index contributed by atoms with van der Waals surface area (Å²) in [7, 11) is 0. The van der Waals surface area contributed by atoms with Crippen LogP contribution in [0.25, 0.3) is 117 Å². The molecule has 4 atom stereocenters. The lowest BCUT2D eigenvalue weighted by atomic mass is 9.93. The fourth-order valence-electron chi connectivity index (χ4n) is 13.7. The largest absolute Gasteiger partial charge is 0.493 e. The second kappa shape index (κ2) is 31.6. The van der Waals surface area contributed by atoms with Crippen molar-refractivity contribution in [2.75, 3.05) is 13.2 Å². The number of rotatable bonds is 33. The van der Waals surface area contributed by atoms with Crippen molar-refractivity contribution >= 4 is 87.6 Å². The molecule has 0 aliphatic rings. The lowest BCUT2D eigenvalue weighted by Gasteiger charge is -2.17. The number of hydrogen-bond donors (Lipinski definition) is 0. The molecule has 0 radical (unpaired) electrons. The minimum atomic E-state index is -0.869. The number of thiophene rings is 4. The highest BCUT2D eigenvalue weighted by Gasteiger charge is 2.27. The molecule has 96 heavy (non-hydrogen) atoms. The van der Waals surface area contributed by atoms with E-state index in [1.165, 1.54) is 104 Å². The quantitative estimate of drug-likeness (QED) is 0.0408. The topological polar surface area (TPSA) is 79.9 Å². The van der Waals surface area contributed by atoms with Gasteiger partial charge in [0.2, 0.25) is 0 Å². The highest BCUT2D eigenvalue weighted by atomic mass is 32.1. The maximum absolute atomic E-state index is 16.9. The monoisotopic (exact) mass is 1360 g/mol. The fraction of sp³-hybridized carbons (Fsp3) is 0.415. The van der Waals surface area contributed by atoms with Crippen LogP contribution >= 0.6 is 45.3 Å². The number of halogens is 2. The summed E-state index contributed by atoms with van der Waals surface area (Å²) < 4.78 is 49.5. The number of unbranched alkanes of at least 4 members (excludes halogenated alkanes) is 4. The average molecular weight is 1360 g/mol. The summed E-state index contributed by atoms with van der Waals surface area (Å²) in [6, 6.07) is 42.1. The molecule has 502 valence electrons. The Bertz CT molecular complexity index is 4500. The lowest BCUT2D eigenvalue weighted by Crippen LogP contribution is -2.12. The Labute approximate surface area is 583 Å². The van der Waals surface area contributed by atoms with Crippen molar-refractivity contribution in [3.05, 3.63) is 143 Å². The van der Waals surface area contributed by atoms with Crippen LogP contribution in [-0.4, -0.2) is 43.2 Å². The second-order valence-electron chi connectivity index (χ2n) is 26.7. The predicted molar refractivity (Wildman–Crippen MR) is 407 cm³/mol. The van der Waals surface area contributed by atoms with Gasteiger partial charge in [-0.3, -0.25) is 0 Å². The van der Waals surface area contributed by atoms with Gasteiger partial charge in [0.1, 0.15) is 33.6 Å². The van der Waals surface area contributed by atoms with E-state index in [0.29, 0.717) is 53.2 Å². The molecule has 0 saturated carbocycles. The van der Waals surface area contributed by atoms with Crippen LogP contribution in [0.15, 0.2) is 121 Å². The van der Waals surface area contributed by atoms with E-state index >= 15 is 8.78 Å². The highest BCUT2D eigenvalue weighted by Crippen LogP contribution is 2.53. The van der Waals surface area contributed by atoms with Gasteiger partial charge in [-0.25, -0.2) is 8.78 Å². The van der Waals surface area contributed by atoms with Gasteiger partial charge in [0.25, 0.3) is 0 Å². The molecule has 0 spiro atoms. The molecule has 0 fully saturated rings. The summed E-state index contributed by atoms with van der Waals surface area (Å²) in [4.78, 5) is 9.24. The minimum absolute atomic E-state index is 0.221. The van der Waals surface area contributed by atoms with Crippen molar-refractivity contribution < 1.29 is 18.3 Å². The molecule has 4 unspecified atom stereocenters. The van der Waals surface area contributed by atoms with E-state index in [2.05, 4.69) is 154 Å². The molecular weight excluding hydrogens is 1270 g/mol. The summed E-state index contributed by atoms with van der Waals surface area (Å²) in [6.45, 7) is 25.2. The molecular formula is C82H94F2N6O2S4. The summed E-state index contributed by atoms with van der Waals surface area (Å²) in [5.41, 5.74) is 12.3. The molecule has 0 aliphatic heterocycles. The minimum Gasteiger partial charge on any atom is -0.493 e. The molecule has 0 aliphatic carbocycles. The maximum Gasteiger partial charge on any atom is 0.168 e. The maximum atomic E-state index is 16.9. The summed E-state index contributed by atoms with van der Waals surface area (Å²) in [6.07, 6.45) is 18.2. The fourth-order valence-corrected chi connectivity index (χ4v) is 18.2. The molecule has 0 amide bonds. The number of fused-ring (bicyclic) bond motifs is 4. The number of benzene rings is 6. The number of nitrogens with zero attached hydrogens (tertiary/aromatic N) is 6. The van der Waals surface area contributed by atoms with Crippen LogP contribution in [0.5, 0.6) is 11.5 Å². The molecule has 6 heterocycles. The van der Waals surface area contributed by atoms with Gasteiger partial charge >= 0.3 is 0 Å². The Hall–Kier alpha value is -7.10. The summed E-state index contributed by atoms with van der Waals surface area (Å²) >= 11 is 6.55. The van der Waals surface area contributed by atoms with E-state index in [9.17, 15) is 0 Å². The molecule has 8 nitrogen and oxygen atoms in total. The van der Waals surface area contributed by atoms with Crippen molar-refractivity contribution in [2.45, 2.75) is 185 Å². The Morgan fingerprint density at radius 3 is 1.24 bits per heavy atom. The van der Waals surface area contributed by atoms with Crippen molar-refractivity contribution in [1.82, 2.24) is 30.0 Å². The number of aryl methyl sites for hydroxylation is 2. The molecule has 12 aromatic rings. The third-order valence-corrected chi connectivity index (χ3v) is 24.4. The van der Waals surface area contributed by atoms with E-state index in [1.807, 2.05) is 56.5 Å². The van der Waals surface area contributed by atoms with Gasteiger partial charge in [-0.05, 0) is 153 Å². The zero-order valence-electron chi connectivity index (χ0n) is 57.9. The molecule has 6 aromatic heterocycles. The van der Waals surface area contributed by atoms with Crippen molar-refractivity contribution in [2.24, 2.45) is 23.7 Å². The number of ether oxygens (including phenoxy) is 2. The van der Waals surface area contributed by atoms with E-state index in [-0.39, 0.29) is 11.1 Å². The Kier molecular flexibility index (Phi) is 22.7. The predicted octanol–water partition coefficient (Wildman–Crippen LogP) is 25.9. The van der Waals surface area contributed by atoms with Gasteiger partial charge in [0.05, 0.1) is 26.3 Å². The van der Waals surface area contributed by atoms with Gasteiger partial charge in [0, 0.05) is 88.4 Å². The van der Waals surface area contributed by atoms with Gasteiger partial charge in [-0.15, -0.1) is 45.3 Å². The van der Waals surface area contributed by atoms with Crippen LogP contribution in [-0.2, 0) is 13.1 Å². The van der Waals surface area contributed by atoms with E-state index in [0.717, 1.165) is 146 Å². The van der Waals surface area contributed by atoms with Crippen molar-refractivity contribution in [3.8, 4) is 86.0 Å². The van der Waals surface area contributed by atoms with Gasteiger partial charge in [0.15, 0.2) is 11.6 Å². The van der Waals surface area contributed by atoms with Crippen LogP contribution in [0.2, 0.25) is 0 Å². The van der Waals surface area contributed by atoms with Crippen LogP contribution in [0.4, 0.5) is 8.78 Å². The zero-order chi connectivity index (χ0) is 67.0. The van der Waals surface area contributed by atoms with Crippen molar-refractivity contribution in [3.63, 3.8) is 0 Å². The third kappa shape index (κ3) is 14.8. The summed E-state index contributed by atoms with van der Waals surface area (Å²) in [5, 5.41) is 23.3. The average Bonchev–Trinajstić information content (AvgIpc) is 1.54. The Balaban J connectivity index is 0.933. The zero-order valence-corrected chi connectivity index (χ0v) is 61.2. The number of aromatic nitrogens is 6. The second-order valence-corrected chi connectivity index (χ2v) is 31.1. The molecule has 0 N–H and O–H groups in total. The first-order valence-electron chi connectivity index (χ1n) is 35.7. The molecule has 6 aromatic carbocycles. The van der Waals surface area contributed by atoms with E-state index in [4.69, 9.17) is 29.9 Å². The van der Waals surface area contributed by atoms with Gasteiger partial charge < -0.3 is 9.47 Å². The molecule has 12 rings (SSSR count). The van der Waals surface area contributed by atoms with Crippen LogP contribution in [0.1, 0.15) is 169 Å². The number of hydrogen-bond acceptors (Lipinski definition) is 10. The van der Waals surface area contributed by atoms with E-state index in [1.54, 1.807) is 12.1 Å². The Morgan fingerprint density at radius 1 is 0.396 bits per heavy atom. The van der Waals surface area contributed by atoms with Crippen LogP contribution in [0.3, 0.4) is 0 Å². The first-order valence-corrected chi connectivity index (χ1v) is 39.0. The lowest BCUT2D eigenvalue weighted by molar-refractivity contribution is 0.233. The first-order chi connectivity index (χ1) is 46.8. The van der Waals surface area contributed by atoms with Gasteiger partial charge in [-0.2, -0.15) is 30.0 Å².